The van der Waals surface area contributed by atoms with Crippen molar-refractivity contribution >= 4 is 33.3 Å². The molecule has 0 amide bonds. The molecule has 6 rings (SSSR count). The van der Waals surface area contributed by atoms with E-state index in [2.05, 4.69) is 58.2 Å². The van der Waals surface area contributed by atoms with Crippen LogP contribution in [-0.2, 0) is 21.2 Å². The number of allylic oxidation sites excluding steroid dienone is 2. The Kier molecular flexibility index (Phi) is 8.27. The Morgan fingerprint density at radius 1 is 1.02 bits per heavy atom. The van der Waals surface area contributed by atoms with Crippen molar-refractivity contribution in [2.45, 2.75) is 33.7 Å². The Bertz CT molecular complexity index is 1820. The van der Waals surface area contributed by atoms with Gasteiger partial charge in [0.15, 0.2) is 15.7 Å². The van der Waals surface area contributed by atoms with Crippen LogP contribution in [0, 0.1) is 20.9 Å². The Morgan fingerprint density at radius 2 is 1.76 bits per heavy atom. The van der Waals surface area contributed by atoms with E-state index in [1.165, 1.54) is 17.2 Å². The number of nitro groups is 1. The molecule has 1 aromatic heterocycles. The third-order valence-corrected chi connectivity index (χ3v) is 11.1. The topological polar surface area (TPSA) is 154 Å². The first-order valence-corrected chi connectivity index (χ1v) is 17.1. The maximum atomic E-state index is 12.1. The molecule has 0 radical (unpaired) electrons. The van der Waals surface area contributed by atoms with Crippen molar-refractivity contribution in [3.8, 4) is 17.1 Å². The van der Waals surface area contributed by atoms with Crippen LogP contribution in [0.4, 0.5) is 11.4 Å². The van der Waals surface area contributed by atoms with Gasteiger partial charge < -0.3 is 9.64 Å². The van der Waals surface area contributed by atoms with Crippen molar-refractivity contribution in [3.05, 3.63) is 75.9 Å². The van der Waals surface area contributed by atoms with Crippen LogP contribution in [-0.4, -0.2) is 89.1 Å². The lowest BCUT2D eigenvalue weighted by Gasteiger charge is -2.51. The molecule has 0 saturated carbocycles. The van der Waals surface area contributed by atoms with Crippen LogP contribution in [0.3, 0.4) is 0 Å². The summed E-state index contributed by atoms with van der Waals surface area (Å²) in [7, 11) is -2.98. The zero-order valence-corrected chi connectivity index (χ0v) is 26.9. The van der Waals surface area contributed by atoms with Gasteiger partial charge in [0.25, 0.3) is 12.2 Å². The van der Waals surface area contributed by atoms with E-state index in [1.807, 2.05) is 18.2 Å². The summed E-state index contributed by atoms with van der Waals surface area (Å²) < 4.78 is 30.2. The number of ether oxygens (including phenoxy) is 1. The lowest BCUT2D eigenvalue weighted by atomic mass is 9.58. The molecule has 2 aromatic carbocycles. The molecule has 3 aromatic rings. The Labute approximate surface area is 267 Å². The Hall–Kier alpha value is -4.43. The molecule has 3 heterocycles. The number of benzene rings is 2. The third-order valence-electron chi connectivity index (χ3n) is 9.49. The largest absolute Gasteiger partial charge is 0.429 e. The number of sulfone groups is 1. The van der Waals surface area contributed by atoms with Crippen LogP contribution < -0.4 is 9.64 Å². The minimum atomic E-state index is -2.98. The van der Waals surface area contributed by atoms with Gasteiger partial charge in [-0.25, -0.2) is 13.1 Å². The summed E-state index contributed by atoms with van der Waals surface area (Å²) in [5.41, 5.74) is 4.34. The van der Waals surface area contributed by atoms with Gasteiger partial charge in [0, 0.05) is 66.9 Å². The smallest absolute Gasteiger partial charge is 0.298 e. The van der Waals surface area contributed by atoms with Crippen molar-refractivity contribution in [1.29, 1.82) is 0 Å². The van der Waals surface area contributed by atoms with Crippen LogP contribution in [0.2, 0.25) is 0 Å². The molecule has 14 heteroatoms. The predicted octanol–water partition coefficient (Wildman–Crippen LogP) is 3.78. The van der Waals surface area contributed by atoms with Crippen LogP contribution in [0.15, 0.2) is 60.2 Å². The molecule has 1 aliphatic carbocycles. The van der Waals surface area contributed by atoms with Gasteiger partial charge in [-0.2, -0.15) is 0 Å². The average Bonchev–Trinajstić information content (AvgIpc) is 3.49. The first-order chi connectivity index (χ1) is 21.9. The highest BCUT2D eigenvalue weighted by Crippen LogP contribution is 2.55. The van der Waals surface area contributed by atoms with Gasteiger partial charge in [0.05, 0.1) is 23.0 Å². The number of nitrogens with zero attached hydrogens (tertiary/aromatic N) is 7. The van der Waals surface area contributed by atoms with Crippen LogP contribution in [0.1, 0.15) is 32.8 Å². The Balaban J connectivity index is 1.25. The second-order valence-corrected chi connectivity index (χ2v) is 15.3. The molecule has 0 unspecified atom stereocenters. The molecule has 1 fully saturated rings. The molecule has 1 atom stereocenters. The summed E-state index contributed by atoms with van der Waals surface area (Å²) >= 11 is 0. The van der Waals surface area contributed by atoms with Gasteiger partial charge in [-0.3, -0.25) is 19.8 Å². The zero-order chi connectivity index (χ0) is 32.7. The SMILES string of the molecule is CC1(C)C(c2ccc(OC=O)cc2)=CC[C@]2(C)CN(c3cc(-c4nnnn4CCN4CCS(=O)(=O)CC4)cc([N+](=O)[O-])c3)CC=C12. The van der Waals surface area contributed by atoms with Crippen LogP contribution >= 0.6 is 0 Å². The lowest BCUT2D eigenvalue weighted by molar-refractivity contribution is -0.384. The van der Waals surface area contributed by atoms with E-state index >= 15 is 0 Å². The van der Waals surface area contributed by atoms with Gasteiger partial charge in [-0.05, 0) is 46.2 Å². The fraction of sp³-hybridized carbons (Fsp3) is 0.438. The molecule has 0 N–H and O–H groups in total. The number of tetrazole rings is 1. The van der Waals surface area contributed by atoms with E-state index in [-0.39, 0.29) is 28.0 Å². The van der Waals surface area contributed by atoms with Crippen molar-refractivity contribution in [2.24, 2.45) is 10.8 Å². The van der Waals surface area contributed by atoms with E-state index in [0.29, 0.717) is 62.9 Å². The first-order valence-electron chi connectivity index (χ1n) is 15.2. The average molecular weight is 648 g/mol. The van der Waals surface area contributed by atoms with E-state index in [4.69, 9.17) is 4.74 Å². The predicted molar refractivity (Wildman–Crippen MR) is 173 cm³/mol. The van der Waals surface area contributed by atoms with Crippen molar-refractivity contribution in [3.63, 3.8) is 0 Å². The molecular weight excluding hydrogens is 610 g/mol. The van der Waals surface area contributed by atoms with E-state index in [9.17, 15) is 23.3 Å². The van der Waals surface area contributed by atoms with E-state index in [1.54, 1.807) is 22.9 Å². The molecule has 2 aliphatic heterocycles. The maximum Gasteiger partial charge on any atom is 0.298 e. The lowest BCUT2D eigenvalue weighted by Crippen LogP contribution is -2.47. The van der Waals surface area contributed by atoms with Gasteiger partial charge in [-0.1, -0.05) is 50.6 Å². The molecular formula is C32H37N7O6S. The fourth-order valence-electron chi connectivity index (χ4n) is 7.16. The minimum absolute atomic E-state index is 0.0450. The van der Waals surface area contributed by atoms with Crippen LogP contribution in [0.5, 0.6) is 5.75 Å². The standard InChI is InChI=1S/C32H37N7O6S/c1-31(2)28(23-4-6-27(7-5-23)45-22-40)8-10-32(3)21-37(11-9-29(31)32)25-18-24(19-26(20-25)39(41)42)30-33-34-35-38(30)13-12-36-14-16-46(43,44)17-15-36/h4-9,18-20,22H,10-17,21H2,1-3H3/t32-/m1/s1. The summed E-state index contributed by atoms with van der Waals surface area (Å²) in [4.78, 5) is 26.6. The number of fused-ring (bicyclic) bond motifs is 1. The summed E-state index contributed by atoms with van der Waals surface area (Å²) in [6, 6.07) is 12.5. The summed E-state index contributed by atoms with van der Waals surface area (Å²) in [6.07, 6.45) is 5.32. The van der Waals surface area contributed by atoms with Gasteiger partial charge in [0.2, 0.25) is 0 Å². The normalized spacial score (nSPS) is 22.4. The highest BCUT2D eigenvalue weighted by Gasteiger charge is 2.46. The van der Waals surface area contributed by atoms with E-state index < -0.39 is 14.8 Å². The zero-order valence-electron chi connectivity index (χ0n) is 26.1. The van der Waals surface area contributed by atoms with Gasteiger partial charge >= 0.3 is 0 Å². The van der Waals surface area contributed by atoms with Crippen molar-refractivity contribution < 1.29 is 22.9 Å². The summed E-state index contributed by atoms with van der Waals surface area (Å²) in [6.45, 7) is 10.3. The number of nitro benzene ring substituents is 1. The first kappa shape index (κ1) is 31.5. The molecule has 13 nitrogen and oxygen atoms in total. The quantitative estimate of drug-likeness (QED) is 0.144. The molecule has 0 spiro atoms. The molecule has 1 saturated heterocycles. The molecule has 46 heavy (non-hydrogen) atoms. The summed E-state index contributed by atoms with van der Waals surface area (Å²) in [5.74, 6) is 1.18. The molecule has 0 bridgehead atoms. The van der Waals surface area contributed by atoms with E-state index in [0.717, 1.165) is 17.7 Å². The minimum Gasteiger partial charge on any atom is -0.429 e. The second-order valence-electron chi connectivity index (χ2n) is 13.0. The Morgan fingerprint density at radius 3 is 2.46 bits per heavy atom. The molecule has 3 aliphatic rings. The van der Waals surface area contributed by atoms with Crippen molar-refractivity contribution in [2.75, 3.05) is 49.1 Å². The number of aromatic nitrogens is 4. The van der Waals surface area contributed by atoms with Gasteiger partial charge in [0.1, 0.15) is 5.75 Å². The van der Waals surface area contributed by atoms with Crippen LogP contribution in [0.25, 0.3) is 17.0 Å². The number of anilines is 1. The number of hydrogen-bond donors (Lipinski definition) is 0. The number of hydrogen-bond acceptors (Lipinski definition) is 11. The monoisotopic (exact) mass is 647 g/mol. The fourth-order valence-corrected chi connectivity index (χ4v) is 8.44. The van der Waals surface area contributed by atoms with Crippen molar-refractivity contribution in [1.82, 2.24) is 25.1 Å². The molecule has 242 valence electrons. The number of carbonyl (C=O) groups excluding carboxylic acids is 1. The maximum absolute atomic E-state index is 12.1. The number of non-ortho nitro benzene ring substituents is 1. The highest BCUT2D eigenvalue weighted by molar-refractivity contribution is 7.91. The highest BCUT2D eigenvalue weighted by atomic mass is 32.2. The van der Waals surface area contributed by atoms with Gasteiger partial charge in [-0.15, -0.1) is 5.10 Å². The second kappa shape index (κ2) is 12.1. The number of rotatable bonds is 9. The summed E-state index contributed by atoms with van der Waals surface area (Å²) in [5, 5.41) is 24.3. The number of carbonyl (C=O) groups is 1. The third kappa shape index (κ3) is 6.18.